The van der Waals surface area contributed by atoms with Crippen molar-refractivity contribution in [1.29, 1.82) is 0 Å². The van der Waals surface area contributed by atoms with E-state index in [4.69, 9.17) is 13.2 Å². The van der Waals surface area contributed by atoms with Crippen LogP contribution in [-0.4, -0.2) is 0 Å². The molecular weight excluding hydrogens is 382 g/mol. The molecule has 0 fully saturated rings. The minimum Gasteiger partial charge on any atom is -0.394 e. The summed E-state index contributed by atoms with van der Waals surface area (Å²) in [6.45, 7) is 18.2. The zero-order valence-electron chi connectivity index (χ0n) is 11.4. The molecule has 0 aliphatic heterocycles. The minimum atomic E-state index is 0. The van der Waals surface area contributed by atoms with E-state index in [1.165, 1.54) is 12.2 Å². The first-order chi connectivity index (χ1) is 6.91. The first kappa shape index (κ1) is 36.8. The molecule has 0 N–H and O–H groups in total. The second kappa shape index (κ2) is 27.3. The zero-order valence-corrected chi connectivity index (χ0v) is 17.1. The Kier molecular flexibility index (Phi) is 52.8. The van der Waals surface area contributed by atoms with Crippen LogP contribution in [0.2, 0.25) is 0 Å². The minimum absolute atomic E-state index is 0. The predicted molar refractivity (Wildman–Crippen MR) is 82.8 cm³/mol. The fourth-order valence-electron chi connectivity index (χ4n) is 0.385. The molecule has 0 aliphatic carbocycles. The van der Waals surface area contributed by atoms with Crippen molar-refractivity contribution < 1.29 is 65.4 Å². The molecule has 1 aromatic rings. The SMILES string of the molecule is C.C.CC(C)(C)C.[CH-]=CC=[CH-].[Y].[Y].c1ccccc1. The van der Waals surface area contributed by atoms with Crippen LogP contribution < -0.4 is 0 Å². The molecule has 0 bridgehead atoms. The molecule has 0 aromatic heterocycles. The van der Waals surface area contributed by atoms with Gasteiger partial charge in [0, 0.05) is 65.4 Å². The van der Waals surface area contributed by atoms with Gasteiger partial charge in [0.25, 0.3) is 0 Å². The van der Waals surface area contributed by atoms with Gasteiger partial charge in [-0.1, -0.05) is 78.9 Å². The number of allylic oxidation sites excluding steroid dienone is 2. The Morgan fingerprint density at radius 1 is 0.632 bits per heavy atom. The van der Waals surface area contributed by atoms with E-state index in [0.717, 1.165) is 0 Å². The first-order valence-corrected chi connectivity index (χ1v) is 5.00. The van der Waals surface area contributed by atoms with Crippen LogP contribution in [0.4, 0.5) is 0 Å². The maximum atomic E-state index is 4.72. The first-order valence-electron chi connectivity index (χ1n) is 5.00. The number of rotatable bonds is 1. The molecule has 19 heavy (non-hydrogen) atoms. The van der Waals surface area contributed by atoms with E-state index in [9.17, 15) is 0 Å². The van der Waals surface area contributed by atoms with Crippen molar-refractivity contribution in [2.75, 3.05) is 0 Å². The van der Waals surface area contributed by atoms with Gasteiger partial charge in [0.2, 0.25) is 0 Å². The number of hydrogen-bond donors (Lipinski definition) is 0. The van der Waals surface area contributed by atoms with E-state index >= 15 is 0 Å². The van der Waals surface area contributed by atoms with E-state index in [1.54, 1.807) is 0 Å². The summed E-state index contributed by atoms with van der Waals surface area (Å²) in [4.78, 5) is 0. The normalized spacial score (nSPS) is 6.74. The monoisotopic (exact) mass is 412 g/mol. The van der Waals surface area contributed by atoms with E-state index in [-0.39, 0.29) is 80.3 Å². The Hall–Kier alpha value is 0.908. The molecule has 2 radical (unpaired) electrons. The van der Waals surface area contributed by atoms with Crippen LogP contribution >= 0.6 is 0 Å². The van der Waals surface area contributed by atoms with Crippen LogP contribution in [0.25, 0.3) is 0 Å². The summed E-state index contributed by atoms with van der Waals surface area (Å²) in [7, 11) is 0. The summed E-state index contributed by atoms with van der Waals surface area (Å²) in [5.41, 5.74) is 0.500. The van der Waals surface area contributed by atoms with Crippen molar-refractivity contribution in [2.24, 2.45) is 5.41 Å². The van der Waals surface area contributed by atoms with Gasteiger partial charge in [0.1, 0.15) is 0 Å². The summed E-state index contributed by atoms with van der Waals surface area (Å²) < 4.78 is 0. The molecule has 0 atom stereocenters. The Balaban J connectivity index is -0.0000000308. The molecule has 0 unspecified atom stereocenters. The van der Waals surface area contributed by atoms with Crippen LogP contribution in [0, 0.1) is 18.6 Å². The van der Waals surface area contributed by atoms with Crippen molar-refractivity contribution in [2.45, 2.75) is 42.5 Å². The van der Waals surface area contributed by atoms with Crippen molar-refractivity contribution in [3.8, 4) is 0 Å². The fraction of sp³-hybridized carbons (Fsp3) is 0.412. The maximum Gasteiger partial charge on any atom is 0 e. The van der Waals surface area contributed by atoms with Crippen LogP contribution in [0.3, 0.4) is 0 Å². The van der Waals surface area contributed by atoms with Crippen LogP contribution in [0.1, 0.15) is 42.5 Å². The maximum absolute atomic E-state index is 4.72. The topological polar surface area (TPSA) is 0 Å². The van der Waals surface area contributed by atoms with Gasteiger partial charge < -0.3 is 25.3 Å². The molecule has 0 heterocycles. The van der Waals surface area contributed by atoms with Crippen LogP contribution in [0.15, 0.2) is 48.6 Å². The molecule has 106 valence electrons. The summed E-state index contributed by atoms with van der Waals surface area (Å²) in [6, 6.07) is 12.0. The molecular formula is C17H30Y2-2. The van der Waals surface area contributed by atoms with Crippen molar-refractivity contribution >= 4 is 0 Å². The molecule has 1 rings (SSSR count). The Morgan fingerprint density at radius 2 is 0.737 bits per heavy atom. The molecule has 0 aliphatic rings. The summed E-state index contributed by atoms with van der Waals surface area (Å²) in [5.74, 6) is 0. The molecule has 0 saturated heterocycles. The van der Waals surface area contributed by atoms with Crippen LogP contribution in [-0.2, 0) is 65.4 Å². The molecule has 0 saturated carbocycles. The van der Waals surface area contributed by atoms with Crippen molar-refractivity contribution in [1.82, 2.24) is 0 Å². The molecule has 0 nitrogen and oxygen atoms in total. The third kappa shape index (κ3) is 86.4. The molecule has 1 aromatic carbocycles. The van der Waals surface area contributed by atoms with Gasteiger partial charge in [0.05, 0.1) is 0 Å². The number of benzene rings is 1. The van der Waals surface area contributed by atoms with Gasteiger partial charge in [-0.05, 0) is 5.41 Å². The van der Waals surface area contributed by atoms with Gasteiger partial charge in [-0.25, -0.2) is 0 Å². The quantitative estimate of drug-likeness (QED) is 0.394. The molecule has 2 heteroatoms. The molecule has 0 amide bonds. The Labute approximate surface area is 173 Å². The van der Waals surface area contributed by atoms with E-state index in [1.807, 2.05) is 36.4 Å². The summed E-state index contributed by atoms with van der Waals surface area (Å²) >= 11 is 0. The van der Waals surface area contributed by atoms with Gasteiger partial charge in [-0.15, -0.1) is 0 Å². The number of hydrogen-bond acceptors (Lipinski definition) is 0. The Bertz CT molecular complexity index is 196. The smallest absolute Gasteiger partial charge is 0 e. The van der Waals surface area contributed by atoms with E-state index in [2.05, 4.69) is 27.7 Å². The van der Waals surface area contributed by atoms with E-state index in [0.29, 0.717) is 5.41 Å². The average molecular weight is 412 g/mol. The molecule has 0 spiro atoms. The predicted octanol–water partition coefficient (Wildman–Crippen LogP) is 5.97. The summed E-state index contributed by atoms with van der Waals surface area (Å²) in [6.07, 6.45) is 2.56. The zero-order chi connectivity index (χ0) is 12.2. The average Bonchev–Trinajstić information content (AvgIpc) is 2.18. The Morgan fingerprint density at radius 3 is 0.789 bits per heavy atom. The van der Waals surface area contributed by atoms with Gasteiger partial charge in [-0.2, -0.15) is 0 Å². The third-order valence-corrected chi connectivity index (χ3v) is 0.778. The van der Waals surface area contributed by atoms with Crippen LogP contribution in [0.5, 0.6) is 0 Å². The standard InChI is InChI=1S/C6H6.C5H12.C4H4.2CH4.2Y/c1-2-4-6-5-3-1;1-5(2,3)4;1-3-4-2;;;;/h1-6H;1-4H3;1-4H;2*1H4;;/q;;-2;;;;. The van der Waals surface area contributed by atoms with Gasteiger partial charge in [0.15, 0.2) is 0 Å². The fourth-order valence-corrected chi connectivity index (χ4v) is 0.385. The van der Waals surface area contributed by atoms with Crippen molar-refractivity contribution in [3.63, 3.8) is 0 Å². The van der Waals surface area contributed by atoms with E-state index < -0.39 is 0 Å². The van der Waals surface area contributed by atoms with Crippen molar-refractivity contribution in [3.05, 3.63) is 61.7 Å². The van der Waals surface area contributed by atoms with Gasteiger partial charge >= 0.3 is 0 Å². The second-order valence-electron chi connectivity index (χ2n) is 4.54. The largest absolute Gasteiger partial charge is 0.394 e. The summed E-state index contributed by atoms with van der Waals surface area (Å²) in [5, 5.41) is 0. The van der Waals surface area contributed by atoms with Gasteiger partial charge in [-0.3, -0.25) is 0 Å². The third-order valence-electron chi connectivity index (χ3n) is 0.778. The second-order valence-corrected chi connectivity index (χ2v) is 4.54.